The fraction of sp³-hybridized carbons (Fsp3) is 0.840. The average molecular weight is 470 g/mol. The second-order valence-electron chi connectivity index (χ2n) is 9.36. The van der Waals surface area contributed by atoms with Crippen LogP contribution in [0.3, 0.4) is 0 Å². The number of anilines is 1. The Morgan fingerprint density at radius 1 is 0.939 bits per heavy atom. The number of rotatable bonds is 17. The molecule has 2 rings (SSSR count). The minimum Gasteiger partial charge on any atom is -0.388 e. The summed E-state index contributed by atoms with van der Waals surface area (Å²) in [4.78, 5) is 16.0. The Bertz CT molecular complexity index is 730. The number of unbranched alkanes of at least 4 members (excludes halogenated alkanes) is 13. The van der Waals surface area contributed by atoms with Crippen LogP contribution in [0.15, 0.2) is 11.0 Å². The van der Waals surface area contributed by atoms with E-state index >= 15 is 0 Å². The Kier molecular flexibility index (Phi) is 12.9. The number of halogens is 1. The van der Waals surface area contributed by atoms with Crippen molar-refractivity contribution < 1.29 is 19.3 Å². The highest BCUT2D eigenvalue weighted by Crippen LogP contribution is 2.28. The summed E-state index contributed by atoms with van der Waals surface area (Å²) in [6.45, 7) is 4.38. The second-order valence-corrected chi connectivity index (χ2v) is 9.36. The summed E-state index contributed by atoms with van der Waals surface area (Å²) < 4.78 is 20.7. The lowest BCUT2D eigenvalue weighted by atomic mass is 10.0. The van der Waals surface area contributed by atoms with E-state index in [1.54, 1.807) is 6.92 Å². The first-order chi connectivity index (χ1) is 16.0. The van der Waals surface area contributed by atoms with Crippen molar-refractivity contribution in [3.8, 4) is 0 Å². The van der Waals surface area contributed by atoms with Gasteiger partial charge in [-0.15, -0.1) is 0 Å². The highest BCUT2D eigenvalue weighted by molar-refractivity contribution is 5.34. The molecule has 0 amide bonds. The van der Waals surface area contributed by atoms with Crippen LogP contribution in [-0.4, -0.2) is 44.6 Å². The van der Waals surface area contributed by atoms with Gasteiger partial charge in [-0.05, 0) is 13.3 Å². The maximum Gasteiger partial charge on any atom is 0.351 e. The smallest absolute Gasteiger partial charge is 0.351 e. The van der Waals surface area contributed by atoms with Crippen LogP contribution in [0.5, 0.6) is 0 Å². The van der Waals surface area contributed by atoms with Gasteiger partial charge in [0.05, 0.1) is 12.3 Å². The van der Waals surface area contributed by atoms with Crippen LogP contribution < -0.4 is 11.0 Å². The number of hydrogen-bond donors (Lipinski definition) is 3. The molecule has 1 aromatic rings. The molecule has 7 nitrogen and oxygen atoms in total. The lowest BCUT2D eigenvalue weighted by molar-refractivity contribution is -0.0355. The number of ether oxygens (including phenoxy) is 1. The van der Waals surface area contributed by atoms with Gasteiger partial charge in [0.1, 0.15) is 12.2 Å². The van der Waals surface area contributed by atoms with Gasteiger partial charge in [-0.3, -0.25) is 4.57 Å². The quantitative estimate of drug-likeness (QED) is 0.280. The zero-order valence-corrected chi connectivity index (χ0v) is 20.5. The Balaban J connectivity index is 1.55. The van der Waals surface area contributed by atoms with Crippen LogP contribution in [-0.2, 0) is 4.74 Å². The molecule has 0 radical (unpaired) electrons. The lowest BCUT2D eigenvalue weighted by Crippen LogP contribution is -2.36. The number of nitrogens with one attached hydrogen (secondary N) is 1. The van der Waals surface area contributed by atoms with Crippen molar-refractivity contribution in [2.45, 2.75) is 128 Å². The van der Waals surface area contributed by atoms with E-state index in [2.05, 4.69) is 17.2 Å². The molecule has 0 aromatic carbocycles. The van der Waals surface area contributed by atoms with Crippen LogP contribution in [0.4, 0.5) is 10.2 Å². The molecule has 1 saturated heterocycles. The van der Waals surface area contributed by atoms with Gasteiger partial charge < -0.3 is 20.3 Å². The highest BCUT2D eigenvalue weighted by Gasteiger charge is 2.42. The molecule has 0 spiro atoms. The molecule has 1 aliphatic rings. The number of nitrogens with zero attached hydrogens (tertiary/aromatic N) is 2. The third kappa shape index (κ3) is 9.33. The Hall–Kier alpha value is -1.51. The molecule has 1 fully saturated rings. The summed E-state index contributed by atoms with van der Waals surface area (Å²) >= 11 is 0. The van der Waals surface area contributed by atoms with Crippen molar-refractivity contribution in [3.05, 3.63) is 22.5 Å². The van der Waals surface area contributed by atoms with Crippen molar-refractivity contribution in [2.24, 2.45) is 0 Å². The van der Waals surface area contributed by atoms with Crippen molar-refractivity contribution in [3.63, 3.8) is 0 Å². The Labute approximate surface area is 197 Å². The van der Waals surface area contributed by atoms with Crippen molar-refractivity contribution >= 4 is 5.82 Å². The number of aliphatic hydroxyl groups excluding tert-OH is 2. The number of aliphatic hydroxyl groups is 2. The molecule has 0 bridgehead atoms. The SMILES string of the molecule is CCCCCCCCCCCCCCCCNc1nc(=O)n([C@H]2O[C@@H](C)[C@@H](O)[C@@H]2O)cc1F. The predicted octanol–water partition coefficient (Wildman–Crippen LogP) is 4.91. The number of aromatic nitrogens is 2. The minimum absolute atomic E-state index is 0.0907. The molecular weight excluding hydrogens is 425 g/mol. The summed E-state index contributed by atoms with van der Waals surface area (Å²) in [6, 6.07) is 0. The Morgan fingerprint density at radius 2 is 1.45 bits per heavy atom. The van der Waals surface area contributed by atoms with Crippen molar-refractivity contribution in [1.29, 1.82) is 0 Å². The van der Waals surface area contributed by atoms with Gasteiger partial charge in [0.15, 0.2) is 17.9 Å². The van der Waals surface area contributed by atoms with E-state index in [1.807, 2.05) is 0 Å². The first-order valence-electron chi connectivity index (χ1n) is 13.0. The fourth-order valence-electron chi connectivity index (χ4n) is 4.34. The summed E-state index contributed by atoms with van der Waals surface area (Å²) in [6.07, 6.45) is 14.6. The number of hydrogen-bond acceptors (Lipinski definition) is 6. The first kappa shape index (κ1) is 27.7. The molecule has 33 heavy (non-hydrogen) atoms. The first-order valence-corrected chi connectivity index (χ1v) is 13.0. The standard InChI is InChI=1S/C25H44FN3O4/c1-3-4-5-6-7-8-9-10-11-12-13-14-15-16-17-27-23-20(26)18-29(25(32)28-23)24-22(31)21(30)19(2)33-24/h18-19,21-22,24,30-31H,3-17H2,1-2H3,(H,27,28,32)/t19-,21+,22-,24-/m0/s1. The van der Waals surface area contributed by atoms with Gasteiger partial charge in [0, 0.05) is 6.54 Å². The lowest BCUT2D eigenvalue weighted by Gasteiger charge is -2.18. The topological polar surface area (TPSA) is 96.6 Å². The van der Waals surface area contributed by atoms with Crippen molar-refractivity contribution in [1.82, 2.24) is 9.55 Å². The van der Waals surface area contributed by atoms with Gasteiger partial charge >= 0.3 is 5.69 Å². The largest absolute Gasteiger partial charge is 0.388 e. The second kappa shape index (κ2) is 15.4. The predicted molar refractivity (Wildman–Crippen MR) is 129 cm³/mol. The van der Waals surface area contributed by atoms with Gasteiger partial charge in [-0.25, -0.2) is 9.18 Å². The zero-order valence-electron chi connectivity index (χ0n) is 20.5. The summed E-state index contributed by atoms with van der Waals surface area (Å²) in [5.41, 5.74) is -0.731. The summed E-state index contributed by atoms with van der Waals surface area (Å²) in [5, 5.41) is 22.7. The van der Waals surface area contributed by atoms with E-state index in [0.717, 1.165) is 30.0 Å². The van der Waals surface area contributed by atoms with E-state index in [0.29, 0.717) is 6.54 Å². The average Bonchev–Trinajstić information content (AvgIpc) is 3.05. The summed E-state index contributed by atoms with van der Waals surface area (Å²) in [7, 11) is 0. The molecule has 2 heterocycles. The van der Waals surface area contributed by atoms with Gasteiger partial charge in [-0.2, -0.15) is 4.98 Å². The maximum atomic E-state index is 14.4. The molecule has 8 heteroatoms. The third-order valence-corrected chi connectivity index (χ3v) is 6.48. The normalized spacial score (nSPS) is 22.7. The van der Waals surface area contributed by atoms with E-state index in [-0.39, 0.29) is 5.82 Å². The van der Waals surface area contributed by atoms with Crippen LogP contribution in [0.25, 0.3) is 0 Å². The molecular formula is C25H44FN3O4. The van der Waals surface area contributed by atoms with E-state index in [1.165, 1.54) is 70.6 Å². The van der Waals surface area contributed by atoms with E-state index in [9.17, 15) is 19.4 Å². The maximum absolute atomic E-state index is 14.4. The molecule has 0 aliphatic carbocycles. The van der Waals surface area contributed by atoms with Gasteiger partial charge in [0.2, 0.25) is 0 Å². The molecule has 1 aromatic heterocycles. The van der Waals surface area contributed by atoms with Crippen LogP contribution in [0.2, 0.25) is 0 Å². The summed E-state index contributed by atoms with van der Waals surface area (Å²) in [5.74, 6) is -0.781. The van der Waals surface area contributed by atoms with E-state index in [4.69, 9.17) is 4.74 Å². The van der Waals surface area contributed by atoms with E-state index < -0.39 is 36.0 Å². The molecule has 1 aliphatic heterocycles. The Morgan fingerprint density at radius 3 is 1.94 bits per heavy atom. The zero-order chi connectivity index (χ0) is 24.1. The van der Waals surface area contributed by atoms with Crippen molar-refractivity contribution in [2.75, 3.05) is 11.9 Å². The van der Waals surface area contributed by atoms with Crippen LogP contribution in [0.1, 0.15) is 110 Å². The molecule has 0 saturated carbocycles. The van der Waals surface area contributed by atoms with Crippen LogP contribution >= 0.6 is 0 Å². The molecule has 3 N–H and O–H groups in total. The third-order valence-electron chi connectivity index (χ3n) is 6.48. The highest BCUT2D eigenvalue weighted by atomic mass is 19.1. The molecule has 190 valence electrons. The van der Waals surface area contributed by atoms with Crippen LogP contribution in [0, 0.1) is 5.82 Å². The molecule has 0 unspecified atom stereocenters. The van der Waals surface area contributed by atoms with Gasteiger partial charge in [-0.1, -0.05) is 90.4 Å². The molecule has 4 atom stereocenters. The fourth-order valence-corrected chi connectivity index (χ4v) is 4.34. The van der Waals surface area contributed by atoms with Gasteiger partial charge in [0.25, 0.3) is 0 Å². The monoisotopic (exact) mass is 469 g/mol. The minimum atomic E-state index is -1.31.